The maximum atomic E-state index is 13.0. The summed E-state index contributed by atoms with van der Waals surface area (Å²) in [4.78, 5) is 6.47. The van der Waals surface area contributed by atoms with Crippen LogP contribution in [0, 0.1) is 5.82 Å². The van der Waals surface area contributed by atoms with Crippen molar-refractivity contribution >= 4 is 29.9 Å². The number of likely N-dealkylation sites (N-methyl/N-ethyl adjacent to an activating group) is 1. The molecule has 1 rings (SSSR count). The minimum atomic E-state index is -0.224. The zero-order valence-corrected chi connectivity index (χ0v) is 16.7. The molecule has 6 heteroatoms. The van der Waals surface area contributed by atoms with E-state index in [0.29, 0.717) is 12.5 Å². The van der Waals surface area contributed by atoms with E-state index in [1.54, 1.807) is 12.1 Å². The smallest absolute Gasteiger partial charge is 0.188 e. The molecule has 3 N–H and O–H groups in total. The predicted octanol–water partition coefficient (Wildman–Crippen LogP) is 3.53. The average molecular weight is 436 g/mol. The van der Waals surface area contributed by atoms with Crippen molar-refractivity contribution in [3.05, 3.63) is 35.6 Å². The highest BCUT2D eigenvalue weighted by atomic mass is 127. The summed E-state index contributed by atoms with van der Waals surface area (Å²) in [5.41, 5.74) is 6.93. The van der Waals surface area contributed by atoms with Gasteiger partial charge in [0.05, 0.1) is 12.6 Å². The number of halogens is 2. The van der Waals surface area contributed by atoms with Crippen molar-refractivity contribution < 1.29 is 4.39 Å². The Balaban J connectivity index is 0.00000484. The fourth-order valence-corrected chi connectivity index (χ4v) is 2.26. The molecule has 1 atom stereocenters. The number of aliphatic imine (C=N–C) groups is 1. The number of nitrogens with two attached hydrogens (primary N) is 1. The second kappa shape index (κ2) is 12.5. The first-order valence-corrected chi connectivity index (χ1v) is 8.00. The van der Waals surface area contributed by atoms with E-state index in [4.69, 9.17) is 5.73 Å². The number of hydrogen-bond acceptors (Lipinski definition) is 2. The van der Waals surface area contributed by atoms with E-state index < -0.39 is 0 Å². The van der Waals surface area contributed by atoms with Gasteiger partial charge in [-0.15, -0.1) is 24.0 Å². The highest BCUT2D eigenvalue weighted by molar-refractivity contribution is 14.0. The largest absolute Gasteiger partial charge is 0.370 e. The van der Waals surface area contributed by atoms with Gasteiger partial charge in [-0.05, 0) is 38.2 Å². The van der Waals surface area contributed by atoms with Crippen molar-refractivity contribution in [2.75, 3.05) is 27.2 Å². The first kappa shape index (κ1) is 22.1. The van der Waals surface area contributed by atoms with E-state index in [1.165, 1.54) is 31.4 Å². The summed E-state index contributed by atoms with van der Waals surface area (Å²) in [6, 6.07) is 6.63. The molecule has 23 heavy (non-hydrogen) atoms. The van der Waals surface area contributed by atoms with E-state index in [-0.39, 0.29) is 35.8 Å². The number of unbranched alkanes of at least 4 members (excludes halogenated alkanes) is 3. The fourth-order valence-electron chi connectivity index (χ4n) is 2.26. The molecular formula is C17H30FIN4. The summed E-state index contributed by atoms with van der Waals surface area (Å²) in [6.45, 7) is 3.60. The number of rotatable bonds is 9. The molecule has 1 unspecified atom stereocenters. The standard InChI is InChI=1S/C17H29FN4.HI/c1-4-5-6-7-12-20-17(19)21-13-16(22(2)3)14-8-10-15(18)11-9-14;/h8-11,16H,4-7,12-13H2,1-3H3,(H3,19,20,21);1H. The van der Waals surface area contributed by atoms with Gasteiger partial charge in [-0.2, -0.15) is 0 Å². The highest BCUT2D eigenvalue weighted by Gasteiger charge is 2.13. The minimum Gasteiger partial charge on any atom is -0.370 e. The van der Waals surface area contributed by atoms with Crippen molar-refractivity contribution in [2.45, 2.75) is 38.6 Å². The predicted molar refractivity (Wildman–Crippen MR) is 107 cm³/mol. The van der Waals surface area contributed by atoms with Gasteiger partial charge in [0.25, 0.3) is 0 Å². The number of nitrogens with one attached hydrogen (secondary N) is 1. The van der Waals surface area contributed by atoms with Gasteiger partial charge < -0.3 is 16.0 Å². The monoisotopic (exact) mass is 436 g/mol. The van der Waals surface area contributed by atoms with Crippen LogP contribution in [0.25, 0.3) is 0 Å². The molecule has 4 nitrogen and oxygen atoms in total. The van der Waals surface area contributed by atoms with Gasteiger partial charge in [0.15, 0.2) is 5.96 Å². The number of benzene rings is 1. The molecule has 0 radical (unpaired) electrons. The number of hydrogen-bond donors (Lipinski definition) is 2. The molecule has 1 aromatic carbocycles. The molecular weight excluding hydrogens is 406 g/mol. The van der Waals surface area contributed by atoms with Crippen LogP contribution in [0.2, 0.25) is 0 Å². The Morgan fingerprint density at radius 2 is 1.87 bits per heavy atom. The van der Waals surface area contributed by atoms with E-state index in [1.807, 2.05) is 14.1 Å². The Bertz CT molecular complexity index is 448. The lowest BCUT2D eigenvalue weighted by Crippen LogP contribution is -2.33. The Labute approximate surface area is 156 Å². The number of guanidine groups is 1. The van der Waals surface area contributed by atoms with Crippen molar-refractivity contribution in [1.29, 1.82) is 0 Å². The molecule has 0 amide bonds. The third kappa shape index (κ3) is 9.10. The van der Waals surface area contributed by atoms with Gasteiger partial charge in [-0.3, -0.25) is 4.99 Å². The molecule has 0 aromatic heterocycles. The average Bonchev–Trinajstić information content (AvgIpc) is 2.48. The number of nitrogens with zero attached hydrogens (tertiary/aromatic N) is 2. The first-order valence-electron chi connectivity index (χ1n) is 8.00. The molecule has 132 valence electrons. The molecule has 0 bridgehead atoms. The Kier molecular flexibility index (Phi) is 12.0. The summed E-state index contributed by atoms with van der Waals surface area (Å²) < 4.78 is 13.0. The summed E-state index contributed by atoms with van der Waals surface area (Å²) in [7, 11) is 3.97. The summed E-state index contributed by atoms with van der Waals surface area (Å²) >= 11 is 0. The maximum absolute atomic E-state index is 13.0. The summed E-state index contributed by atoms with van der Waals surface area (Å²) in [6.07, 6.45) is 4.81. The lowest BCUT2D eigenvalue weighted by Gasteiger charge is -2.23. The van der Waals surface area contributed by atoms with Gasteiger partial charge in [0, 0.05) is 6.54 Å². The highest BCUT2D eigenvalue weighted by Crippen LogP contribution is 2.18. The van der Waals surface area contributed by atoms with Gasteiger partial charge in [0.1, 0.15) is 5.82 Å². The third-order valence-electron chi connectivity index (χ3n) is 3.65. The zero-order chi connectivity index (χ0) is 16.4. The third-order valence-corrected chi connectivity index (χ3v) is 3.65. The van der Waals surface area contributed by atoms with Gasteiger partial charge in [-0.1, -0.05) is 38.3 Å². The molecule has 0 fully saturated rings. The van der Waals surface area contributed by atoms with Gasteiger partial charge >= 0.3 is 0 Å². The van der Waals surface area contributed by atoms with Crippen molar-refractivity contribution in [1.82, 2.24) is 10.2 Å². The van der Waals surface area contributed by atoms with Crippen LogP contribution in [-0.2, 0) is 0 Å². The molecule has 1 aromatic rings. The molecule has 0 saturated heterocycles. The molecule has 0 aliphatic rings. The lowest BCUT2D eigenvalue weighted by molar-refractivity contribution is 0.306. The maximum Gasteiger partial charge on any atom is 0.188 e. The van der Waals surface area contributed by atoms with Crippen LogP contribution in [-0.4, -0.2) is 38.0 Å². The van der Waals surface area contributed by atoms with E-state index in [0.717, 1.165) is 18.5 Å². The van der Waals surface area contributed by atoms with Crippen LogP contribution < -0.4 is 11.1 Å². The van der Waals surface area contributed by atoms with Crippen molar-refractivity contribution in [2.24, 2.45) is 10.7 Å². The topological polar surface area (TPSA) is 53.6 Å². The lowest BCUT2D eigenvalue weighted by atomic mass is 10.1. The second-order valence-corrected chi connectivity index (χ2v) is 5.74. The Hall–Kier alpha value is -0.890. The SMILES string of the molecule is CCCCCCNC(N)=NCC(c1ccc(F)cc1)N(C)C.I. The minimum absolute atomic E-state index is 0. The summed E-state index contributed by atoms with van der Waals surface area (Å²) in [5, 5.41) is 3.15. The van der Waals surface area contributed by atoms with Crippen molar-refractivity contribution in [3.8, 4) is 0 Å². The van der Waals surface area contributed by atoms with Crippen LogP contribution in [0.3, 0.4) is 0 Å². The molecule has 0 aliphatic carbocycles. The van der Waals surface area contributed by atoms with E-state index in [9.17, 15) is 4.39 Å². The first-order chi connectivity index (χ1) is 10.5. The van der Waals surface area contributed by atoms with Crippen LogP contribution in [0.5, 0.6) is 0 Å². The van der Waals surface area contributed by atoms with Gasteiger partial charge in [0.2, 0.25) is 0 Å². The molecule has 0 heterocycles. The van der Waals surface area contributed by atoms with E-state index in [2.05, 4.69) is 22.1 Å². The summed E-state index contributed by atoms with van der Waals surface area (Å²) in [5.74, 6) is 0.253. The molecule has 0 spiro atoms. The Morgan fingerprint density at radius 1 is 1.22 bits per heavy atom. The van der Waals surface area contributed by atoms with E-state index >= 15 is 0 Å². The fraction of sp³-hybridized carbons (Fsp3) is 0.588. The normalized spacial score (nSPS) is 12.8. The van der Waals surface area contributed by atoms with Crippen LogP contribution in [0.15, 0.2) is 29.3 Å². The van der Waals surface area contributed by atoms with Crippen LogP contribution >= 0.6 is 24.0 Å². The second-order valence-electron chi connectivity index (χ2n) is 5.74. The molecule has 0 saturated carbocycles. The van der Waals surface area contributed by atoms with Crippen LogP contribution in [0.1, 0.15) is 44.2 Å². The van der Waals surface area contributed by atoms with Crippen LogP contribution in [0.4, 0.5) is 4.39 Å². The molecule has 0 aliphatic heterocycles. The quantitative estimate of drug-likeness (QED) is 0.270. The zero-order valence-electron chi connectivity index (χ0n) is 14.4. The van der Waals surface area contributed by atoms with Crippen molar-refractivity contribution in [3.63, 3.8) is 0 Å². The Morgan fingerprint density at radius 3 is 2.43 bits per heavy atom. The van der Waals surface area contributed by atoms with Gasteiger partial charge in [-0.25, -0.2) is 4.39 Å².